The van der Waals surface area contributed by atoms with E-state index in [0.717, 1.165) is 16.6 Å². The maximum absolute atomic E-state index is 12.8. The maximum Gasteiger partial charge on any atom is 0.251 e. The van der Waals surface area contributed by atoms with Crippen molar-refractivity contribution in [2.24, 2.45) is 5.73 Å². The summed E-state index contributed by atoms with van der Waals surface area (Å²) >= 11 is 6.25. The first-order valence-corrected chi connectivity index (χ1v) is 11.3. The van der Waals surface area contributed by atoms with Crippen molar-refractivity contribution in [3.05, 3.63) is 87.9 Å². The van der Waals surface area contributed by atoms with Gasteiger partial charge in [-0.15, -0.1) is 9.24 Å². The van der Waals surface area contributed by atoms with Crippen LogP contribution in [-0.2, 0) is 18.0 Å². The Hall–Kier alpha value is -3.16. The molecule has 3 aromatic rings. The van der Waals surface area contributed by atoms with Crippen molar-refractivity contribution in [2.45, 2.75) is 13.2 Å². The monoisotopic (exact) mass is 500 g/mol. The molecule has 0 aliphatic carbocycles. The molecule has 3 aromatic carbocycles. The normalized spacial score (nSPS) is 10.6. The predicted octanol–water partition coefficient (Wildman–Crippen LogP) is 3.12. The van der Waals surface area contributed by atoms with Crippen molar-refractivity contribution in [2.75, 3.05) is 13.8 Å². The largest absolute Gasteiger partial charge is 0.489 e. The minimum Gasteiger partial charge on any atom is -0.489 e. The predicted molar refractivity (Wildman–Crippen MR) is 136 cm³/mol. The van der Waals surface area contributed by atoms with E-state index in [-0.39, 0.29) is 31.7 Å². The van der Waals surface area contributed by atoms with Crippen LogP contribution in [0.2, 0.25) is 5.02 Å². The van der Waals surface area contributed by atoms with Crippen LogP contribution in [-0.4, -0.2) is 25.6 Å². The van der Waals surface area contributed by atoms with E-state index in [0.29, 0.717) is 27.5 Å². The molecule has 0 saturated heterocycles. The Kier molecular flexibility index (Phi) is 9.24. The molecule has 34 heavy (non-hydrogen) atoms. The Bertz CT molecular complexity index is 1160. The number of halogens is 1. The number of nitrogens with one attached hydrogen (secondary N) is 3. The van der Waals surface area contributed by atoms with Gasteiger partial charge in [0.25, 0.3) is 5.91 Å². The number of hydrogen-bond donors (Lipinski definition) is 4. The third kappa shape index (κ3) is 7.43. The smallest absolute Gasteiger partial charge is 0.251 e. The van der Waals surface area contributed by atoms with Gasteiger partial charge in [0.15, 0.2) is 0 Å². The molecule has 0 heterocycles. The molecule has 178 valence electrons. The van der Waals surface area contributed by atoms with Crippen LogP contribution >= 0.6 is 20.8 Å². The summed E-state index contributed by atoms with van der Waals surface area (Å²) in [6.07, 6.45) is 0. The Balaban J connectivity index is 1.68. The molecular weight excluding hydrogens is 475 g/mol. The van der Waals surface area contributed by atoms with Crippen LogP contribution in [0.5, 0.6) is 11.5 Å². The number of carbonyl (C=O) groups is 1. The summed E-state index contributed by atoms with van der Waals surface area (Å²) in [4.78, 5) is 17.8. The van der Waals surface area contributed by atoms with Crippen molar-refractivity contribution >= 4 is 37.9 Å². The second-order valence-electron chi connectivity index (χ2n) is 7.24. The SMILES string of the molecule is CNOCOc1cc(C(=N)N)ccc1CNC(=O)c1cc(Cl)cc(COc2ccc(P)cc2)c1. The van der Waals surface area contributed by atoms with Gasteiger partial charge in [0.1, 0.15) is 23.9 Å². The fourth-order valence-corrected chi connectivity index (χ4v) is 3.48. The average Bonchev–Trinajstić information content (AvgIpc) is 2.82. The van der Waals surface area contributed by atoms with Crippen molar-refractivity contribution < 1.29 is 19.1 Å². The summed E-state index contributed by atoms with van der Waals surface area (Å²) < 4.78 is 11.4. The lowest BCUT2D eigenvalue weighted by molar-refractivity contribution is -0.0371. The number of carbonyl (C=O) groups excluding carboxylic acids is 1. The quantitative estimate of drug-likeness (QED) is 0.0802. The zero-order valence-electron chi connectivity index (χ0n) is 18.6. The van der Waals surface area contributed by atoms with Gasteiger partial charge in [-0.1, -0.05) is 35.9 Å². The van der Waals surface area contributed by atoms with Crippen molar-refractivity contribution in [1.29, 1.82) is 5.41 Å². The van der Waals surface area contributed by atoms with Gasteiger partial charge in [-0.3, -0.25) is 15.0 Å². The van der Waals surface area contributed by atoms with Gasteiger partial charge in [0, 0.05) is 35.3 Å². The van der Waals surface area contributed by atoms with E-state index >= 15 is 0 Å². The lowest BCUT2D eigenvalue weighted by atomic mass is 10.1. The summed E-state index contributed by atoms with van der Waals surface area (Å²) in [6.45, 7) is 0.398. The van der Waals surface area contributed by atoms with Gasteiger partial charge < -0.3 is 20.5 Å². The zero-order valence-corrected chi connectivity index (χ0v) is 20.5. The molecule has 0 saturated carbocycles. The van der Waals surface area contributed by atoms with Crippen LogP contribution in [0, 0.1) is 5.41 Å². The lowest BCUT2D eigenvalue weighted by Gasteiger charge is -2.14. The second kappa shape index (κ2) is 12.3. The maximum atomic E-state index is 12.8. The van der Waals surface area contributed by atoms with Gasteiger partial charge >= 0.3 is 0 Å². The molecule has 8 nitrogen and oxygen atoms in total. The molecule has 3 rings (SSSR count). The summed E-state index contributed by atoms with van der Waals surface area (Å²) in [5.74, 6) is 0.776. The average molecular weight is 501 g/mol. The highest BCUT2D eigenvalue weighted by Gasteiger charge is 2.12. The molecule has 0 aromatic heterocycles. The number of amidine groups is 1. The van der Waals surface area contributed by atoms with E-state index in [1.807, 2.05) is 24.3 Å². The Morgan fingerprint density at radius 3 is 2.53 bits per heavy atom. The third-order valence-electron chi connectivity index (χ3n) is 4.74. The van der Waals surface area contributed by atoms with Crippen LogP contribution in [0.25, 0.3) is 0 Å². The fraction of sp³-hybridized carbons (Fsp3) is 0.167. The topological polar surface area (TPSA) is 119 Å². The van der Waals surface area contributed by atoms with E-state index in [1.165, 1.54) is 0 Å². The number of hydroxylamine groups is 1. The molecule has 0 bridgehead atoms. The van der Waals surface area contributed by atoms with Gasteiger partial charge in [-0.05, 0) is 47.3 Å². The summed E-state index contributed by atoms with van der Waals surface area (Å²) in [5, 5.41) is 12.0. The van der Waals surface area contributed by atoms with Gasteiger partial charge in [-0.2, -0.15) is 0 Å². The molecule has 0 radical (unpaired) electrons. The highest BCUT2D eigenvalue weighted by atomic mass is 35.5. The van der Waals surface area contributed by atoms with Crippen LogP contribution < -0.4 is 31.3 Å². The Labute approximate surface area is 205 Å². The zero-order chi connectivity index (χ0) is 24.5. The number of hydrogen-bond acceptors (Lipinski definition) is 6. The molecule has 1 atom stereocenters. The van der Waals surface area contributed by atoms with Crippen LogP contribution in [0.4, 0.5) is 0 Å². The molecule has 0 aliphatic rings. The molecule has 10 heteroatoms. The van der Waals surface area contributed by atoms with Crippen LogP contribution in [0.15, 0.2) is 60.7 Å². The first-order valence-electron chi connectivity index (χ1n) is 10.3. The number of nitrogen functional groups attached to an aromatic ring is 1. The van der Waals surface area contributed by atoms with Crippen molar-refractivity contribution in [3.8, 4) is 11.5 Å². The van der Waals surface area contributed by atoms with Gasteiger partial charge in [0.2, 0.25) is 6.79 Å². The molecule has 5 N–H and O–H groups in total. The molecule has 0 spiro atoms. The molecule has 1 unspecified atom stereocenters. The Morgan fingerprint density at radius 1 is 1.06 bits per heavy atom. The standard InChI is InChI=1S/C24H26ClN4O4P/c1-28-33-14-32-22-11-16(23(26)27)2-3-17(22)12-29-24(30)18-8-15(9-19(25)10-18)13-31-20-4-6-21(34)7-5-20/h2-11,28H,12-14,34H2,1H3,(H3,26,27)(H,29,30). The number of nitrogens with two attached hydrogens (primary N) is 1. The van der Waals surface area contributed by atoms with Crippen LogP contribution in [0.1, 0.15) is 27.0 Å². The molecule has 0 fully saturated rings. The second-order valence-corrected chi connectivity index (χ2v) is 8.34. The fourth-order valence-electron chi connectivity index (χ4n) is 3.03. The first-order chi connectivity index (χ1) is 16.4. The third-order valence-corrected chi connectivity index (χ3v) is 5.34. The molecule has 1 amide bonds. The van der Waals surface area contributed by atoms with Crippen molar-refractivity contribution in [1.82, 2.24) is 10.8 Å². The summed E-state index contributed by atoms with van der Waals surface area (Å²) in [6, 6.07) is 17.8. The number of benzene rings is 3. The lowest BCUT2D eigenvalue weighted by Crippen LogP contribution is -2.24. The van der Waals surface area contributed by atoms with E-state index in [4.69, 9.17) is 37.1 Å². The number of rotatable bonds is 11. The molecular formula is C24H26ClN4O4P. The first kappa shape index (κ1) is 25.5. The van der Waals surface area contributed by atoms with E-state index in [9.17, 15) is 4.79 Å². The van der Waals surface area contributed by atoms with Crippen molar-refractivity contribution in [3.63, 3.8) is 0 Å². The minimum absolute atomic E-state index is 0.0592. The van der Waals surface area contributed by atoms with E-state index in [1.54, 1.807) is 43.4 Å². The van der Waals surface area contributed by atoms with E-state index < -0.39 is 0 Å². The van der Waals surface area contributed by atoms with Gasteiger partial charge in [-0.25, -0.2) is 5.48 Å². The minimum atomic E-state index is -0.302. The summed E-state index contributed by atoms with van der Waals surface area (Å²) in [5.41, 5.74) is 10.5. The summed E-state index contributed by atoms with van der Waals surface area (Å²) in [7, 11) is 4.23. The molecule has 0 aliphatic heterocycles. The van der Waals surface area contributed by atoms with E-state index in [2.05, 4.69) is 20.0 Å². The highest BCUT2D eigenvalue weighted by Crippen LogP contribution is 2.22. The van der Waals surface area contributed by atoms with Crippen LogP contribution in [0.3, 0.4) is 0 Å². The highest BCUT2D eigenvalue weighted by molar-refractivity contribution is 7.27. The number of ether oxygens (including phenoxy) is 2. The van der Waals surface area contributed by atoms with Gasteiger partial charge in [0.05, 0.1) is 0 Å². The Morgan fingerprint density at radius 2 is 1.82 bits per heavy atom. The number of amides is 1.